The average molecular weight is 310 g/mol. The van der Waals surface area contributed by atoms with Crippen LogP contribution in [0.4, 0.5) is 15.9 Å². The quantitative estimate of drug-likeness (QED) is 0.770. The van der Waals surface area contributed by atoms with Crippen LogP contribution in [-0.2, 0) is 0 Å². The summed E-state index contributed by atoms with van der Waals surface area (Å²) in [5.41, 5.74) is 1.27. The largest absolute Gasteiger partial charge is 0.478 e. The molecule has 0 bridgehead atoms. The maximum absolute atomic E-state index is 13.9. The van der Waals surface area contributed by atoms with Crippen LogP contribution in [0.2, 0.25) is 0 Å². The summed E-state index contributed by atoms with van der Waals surface area (Å²) < 4.78 is 13.9. The number of carboxylic acids is 1. The van der Waals surface area contributed by atoms with Gasteiger partial charge in [-0.15, -0.1) is 0 Å². The Morgan fingerprint density at radius 3 is 2.74 bits per heavy atom. The van der Waals surface area contributed by atoms with Crippen molar-refractivity contribution in [3.8, 4) is 11.3 Å². The summed E-state index contributed by atoms with van der Waals surface area (Å²) >= 11 is 0. The molecule has 1 aromatic carbocycles. The summed E-state index contributed by atoms with van der Waals surface area (Å²) in [4.78, 5) is 23.2. The zero-order valence-corrected chi connectivity index (χ0v) is 11.8. The predicted octanol–water partition coefficient (Wildman–Crippen LogP) is 3.12. The molecule has 0 amide bonds. The Kier molecular flexibility index (Phi) is 3.92. The number of halogens is 1. The maximum Gasteiger partial charge on any atom is 0.335 e. The lowest BCUT2D eigenvalue weighted by Gasteiger charge is -2.11. The first-order valence-corrected chi connectivity index (χ1v) is 6.66. The van der Waals surface area contributed by atoms with Gasteiger partial charge in [0.2, 0.25) is 0 Å². The Bertz CT molecular complexity index is 856. The van der Waals surface area contributed by atoms with Crippen LogP contribution in [0.1, 0.15) is 10.4 Å². The molecule has 2 N–H and O–H groups in total. The number of hydrogen-bond donors (Lipinski definition) is 2. The van der Waals surface area contributed by atoms with E-state index in [9.17, 15) is 9.18 Å². The molecule has 3 aromatic rings. The van der Waals surface area contributed by atoms with Crippen molar-refractivity contribution < 1.29 is 14.3 Å². The van der Waals surface area contributed by atoms with E-state index in [-0.39, 0.29) is 11.3 Å². The van der Waals surface area contributed by atoms with Gasteiger partial charge in [-0.1, -0.05) is 0 Å². The Morgan fingerprint density at radius 1 is 1.13 bits per heavy atom. The molecular weight excluding hydrogens is 299 g/mol. The molecule has 0 saturated heterocycles. The van der Waals surface area contributed by atoms with Gasteiger partial charge >= 0.3 is 5.97 Å². The van der Waals surface area contributed by atoms with E-state index in [2.05, 4.69) is 20.3 Å². The topological polar surface area (TPSA) is 88.0 Å². The molecule has 0 spiro atoms. The van der Waals surface area contributed by atoms with Crippen LogP contribution in [-0.4, -0.2) is 26.0 Å². The maximum atomic E-state index is 13.9. The van der Waals surface area contributed by atoms with Gasteiger partial charge in [0, 0.05) is 18.0 Å². The normalized spacial score (nSPS) is 10.3. The number of nitrogens with zero attached hydrogens (tertiary/aromatic N) is 3. The van der Waals surface area contributed by atoms with Crippen molar-refractivity contribution in [2.24, 2.45) is 0 Å². The molecule has 0 radical (unpaired) electrons. The zero-order valence-electron chi connectivity index (χ0n) is 11.8. The van der Waals surface area contributed by atoms with E-state index in [1.54, 1.807) is 30.6 Å². The highest BCUT2D eigenvalue weighted by Gasteiger charge is 2.12. The van der Waals surface area contributed by atoms with Crippen molar-refractivity contribution in [3.05, 3.63) is 66.5 Å². The summed E-state index contributed by atoms with van der Waals surface area (Å²) in [7, 11) is 0. The fraction of sp³-hybridized carbons (Fsp3) is 0. The minimum absolute atomic E-state index is 0.0200. The van der Waals surface area contributed by atoms with Gasteiger partial charge in [-0.25, -0.2) is 24.1 Å². The lowest BCUT2D eigenvalue weighted by molar-refractivity contribution is 0.0697. The number of hydrogen-bond acceptors (Lipinski definition) is 5. The number of aromatic nitrogens is 3. The molecule has 7 heteroatoms. The molecule has 23 heavy (non-hydrogen) atoms. The second-order valence-electron chi connectivity index (χ2n) is 4.62. The second kappa shape index (κ2) is 6.18. The third-order valence-corrected chi connectivity index (χ3v) is 3.13. The Morgan fingerprint density at radius 2 is 2.00 bits per heavy atom. The number of benzene rings is 1. The SMILES string of the molecule is O=C(O)c1ccc(F)c(Nc2ncccc2-c2ccncn2)c1. The van der Waals surface area contributed by atoms with Crippen LogP contribution in [0.25, 0.3) is 11.3 Å². The average Bonchev–Trinajstić information content (AvgIpc) is 2.58. The van der Waals surface area contributed by atoms with Crippen LogP contribution >= 0.6 is 0 Å². The summed E-state index contributed by atoms with van der Waals surface area (Å²) in [5.74, 6) is -1.34. The summed E-state index contributed by atoms with van der Waals surface area (Å²) in [6, 6.07) is 8.72. The smallest absolute Gasteiger partial charge is 0.335 e. The van der Waals surface area contributed by atoms with E-state index >= 15 is 0 Å². The predicted molar refractivity (Wildman–Crippen MR) is 81.9 cm³/mol. The van der Waals surface area contributed by atoms with Crippen molar-refractivity contribution in [2.75, 3.05) is 5.32 Å². The highest BCUT2D eigenvalue weighted by Crippen LogP contribution is 2.28. The monoisotopic (exact) mass is 310 g/mol. The Labute approximate surface area is 130 Å². The second-order valence-corrected chi connectivity index (χ2v) is 4.62. The number of rotatable bonds is 4. The molecule has 2 heterocycles. The number of nitrogens with one attached hydrogen (secondary N) is 1. The number of aromatic carboxylic acids is 1. The number of carbonyl (C=O) groups is 1. The summed E-state index contributed by atoms with van der Waals surface area (Å²) in [6.45, 7) is 0. The van der Waals surface area contributed by atoms with Crippen LogP contribution in [0.3, 0.4) is 0 Å². The van der Waals surface area contributed by atoms with Gasteiger partial charge in [0.25, 0.3) is 0 Å². The molecule has 0 saturated carbocycles. The van der Waals surface area contributed by atoms with Crippen LogP contribution < -0.4 is 5.32 Å². The van der Waals surface area contributed by atoms with E-state index in [4.69, 9.17) is 5.11 Å². The van der Waals surface area contributed by atoms with Gasteiger partial charge in [0.15, 0.2) is 0 Å². The number of pyridine rings is 1. The van der Waals surface area contributed by atoms with Crippen molar-refractivity contribution in [1.82, 2.24) is 15.0 Å². The first kappa shape index (κ1) is 14.6. The molecule has 6 nitrogen and oxygen atoms in total. The molecule has 0 aliphatic rings. The van der Waals surface area contributed by atoms with Crippen molar-refractivity contribution in [3.63, 3.8) is 0 Å². The Hall–Kier alpha value is -3.35. The van der Waals surface area contributed by atoms with E-state index in [0.29, 0.717) is 17.1 Å². The van der Waals surface area contributed by atoms with E-state index in [1.165, 1.54) is 18.5 Å². The molecule has 0 fully saturated rings. The van der Waals surface area contributed by atoms with E-state index in [1.807, 2.05) is 0 Å². The van der Waals surface area contributed by atoms with Crippen LogP contribution in [0.5, 0.6) is 0 Å². The first-order valence-electron chi connectivity index (χ1n) is 6.66. The molecule has 0 atom stereocenters. The summed E-state index contributed by atoms with van der Waals surface area (Å²) in [5, 5.41) is 11.8. The van der Waals surface area contributed by atoms with Gasteiger partial charge in [-0.2, -0.15) is 0 Å². The fourth-order valence-corrected chi connectivity index (χ4v) is 2.04. The minimum atomic E-state index is -1.13. The Balaban J connectivity index is 2.02. The van der Waals surface area contributed by atoms with Crippen molar-refractivity contribution in [1.29, 1.82) is 0 Å². The zero-order chi connectivity index (χ0) is 16.2. The minimum Gasteiger partial charge on any atom is -0.478 e. The number of carboxylic acid groups (broad SMARTS) is 1. The van der Waals surface area contributed by atoms with Gasteiger partial charge in [0.1, 0.15) is 18.0 Å². The molecule has 3 rings (SSSR count). The number of anilines is 2. The highest BCUT2D eigenvalue weighted by atomic mass is 19.1. The molecular formula is C16H11FN4O2. The van der Waals surface area contributed by atoms with E-state index in [0.717, 1.165) is 6.07 Å². The summed E-state index contributed by atoms with van der Waals surface area (Å²) in [6.07, 6.45) is 4.54. The van der Waals surface area contributed by atoms with Gasteiger partial charge < -0.3 is 10.4 Å². The fourth-order valence-electron chi connectivity index (χ4n) is 2.04. The molecule has 0 unspecified atom stereocenters. The molecule has 114 valence electrons. The van der Waals surface area contributed by atoms with Gasteiger partial charge in [-0.05, 0) is 36.4 Å². The van der Waals surface area contributed by atoms with Crippen LogP contribution in [0, 0.1) is 5.82 Å². The van der Waals surface area contributed by atoms with Crippen LogP contribution in [0.15, 0.2) is 55.1 Å². The molecule has 0 aliphatic carbocycles. The molecule has 0 aliphatic heterocycles. The lowest BCUT2D eigenvalue weighted by Crippen LogP contribution is -2.02. The van der Waals surface area contributed by atoms with Crippen molar-refractivity contribution >= 4 is 17.5 Å². The highest BCUT2D eigenvalue weighted by molar-refractivity contribution is 5.89. The van der Waals surface area contributed by atoms with Gasteiger partial charge in [-0.3, -0.25) is 0 Å². The molecule has 2 aromatic heterocycles. The van der Waals surface area contributed by atoms with Crippen molar-refractivity contribution in [2.45, 2.75) is 0 Å². The lowest BCUT2D eigenvalue weighted by atomic mass is 10.1. The standard InChI is InChI=1S/C16H11FN4O2/c17-12-4-3-10(16(22)23)8-14(12)21-15-11(2-1-6-19-15)13-5-7-18-9-20-13/h1-9H,(H,19,21)(H,22,23). The first-order chi connectivity index (χ1) is 11.1. The third kappa shape index (κ3) is 3.13. The third-order valence-electron chi connectivity index (χ3n) is 3.13. The van der Waals surface area contributed by atoms with E-state index < -0.39 is 11.8 Å². The van der Waals surface area contributed by atoms with Gasteiger partial charge in [0.05, 0.1) is 16.9 Å².